The van der Waals surface area contributed by atoms with Gasteiger partial charge < -0.3 is 20.1 Å². The van der Waals surface area contributed by atoms with Crippen LogP contribution in [0.2, 0.25) is 0 Å². The molecule has 0 bridgehead atoms. The van der Waals surface area contributed by atoms with Gasteiger partial charge in [-0.1, -0.05) is 78.9 Å². The van der Waals surface area contributed by atoms with Gasteiger partial charge in [0, 0.05) is 25.6 Å². The summed E-state index contributed by atoms with van der Waals surface area (Å²) in [6, 6.07) is 25.2. The molecule has 1 aliphatic heterocycles. The average Bonchev–Trinajstić information content (AvgIpc) is 3.67. The van der Waals surface area contributed by atoms with Crippen molar-refractivity contribution in [1.29, 1.82) is 0 Å². The van der Waals surface area contributed by atoms with Crippen LogP contribution in [0, 0.1) is 5.92 Å². The number of alkyl carbamates (subject to hydrolysis) is 1. The number of carbonyl (C=O) groups excluding carboxylic acids is 2. The molecular formula is C33H35N3O5. The first-order valence-corrected chi connectivity index (χ1v) is 14.3. The predicted octanol–water partition coefficient (Wildman–Crippen LogP) is 4.49. The van der Waals surface area contributed by atoms with Crippen molar-refractivity contribution in [2.75, 3.05) is 26.7 Å². The van der Waals surface area contributed by atoms with Gasteiger partial charge in [0.05, 0.1) is 0 Å². The van der Waals surface area contributed by atoms with Gasteiger partial charge in [-0.05, 0) is 60.0 Å². The molecule has 3 unspecified atom stereocenters. The van der Waals surface area contributed by atoms with Crippen LogP contribution in [-0.4, -0.2) is 71.2 Å². The van der Waals surface area contributed by atoms with Crippen LogP contribution in [0.15, 0.2) is 78.9 Å². The van der Waals surface area contributed by atoms with E-state index in [9.17, 15) is 19.5 Å². The van der Waals surface area contributed by atoms with E-state index in [0.29, 0.717) is 19.5 Å². The Balaban J connectivity index is 1.18. The number of carboxylic acid groups (broad SMARTS) is 1. The number of carboxylic acids is 1. The molecular weight excluding hydrogens is 518 g/mol. The Hall–Kier alpha value is -4.17. The highest BCUT2D eigenvalue weighted by atomic mass is 16.5. The number of piperidine rings is 1. The molecule has 8 nitrogen and oxygen atoms in total. The van der Waals surface area contributed by atoms with Gasteiger partial charge in [-0.3, -0.25) is 9.69 Å². The zero-order valence-corrected chi connectivity index (χ0v) is 23.2. The van der Waals surface area contributed by atoms with Gasteiger partial charge in [0.15, 0.2) is 0 Å². The van der Waals surface area contributed by atoms with Crippen molar-refractivity contribution in [3.63, 3.8) is 0 Å². The standard InChI is InChI=1S/C33H35N3O5/c1-35(19-22-10-3-2-4-11-22)20-29(30(37)36-17-9-12-23-18-33(23,36)31(38)39)34-32(40)41-21-28-26-15-7-5-13-24(26)25-14-6-8-16-27(25)28/h2-8,10-11,13-16,23,28-29H,9,12,17-21H2,1H3,(H,34,40)(H,38,39). The molecule has 8 heteroatoms. The number of ether oxygens (including phenoxy) is 1. The third-order valence-corrected chi connectivity index (χ3v) is 8.85. The molecule has 2 fully saturated rings. The van der Waals surface area contributed by atoms with E-state index in [-0.39, 0.29) is 30.9 Å². The minimum absolute atomic E-state index is 0.0325. The topological polar surface area (TPSA) is 99.2 Å². The number of carbonyl (C=O) groups is 3. The number of benzene rings is 3. The summed E-state index contributed by atoms with van der Waals surface area (Å²) < 4.78 is 5.76. The molecule has 0 spiro atoms. The Kier molecular flexibility index (Phi) is 7.26. The number of hydrogen-bond donors (Lipinski definition) is 2. The molecule has 2 amide bonds. The minimum atomic E-state index is -1.16. The van der Waals surface area contributed by atoms with Gasteiger partial charge >= 0.3 is 12.1 Å². The maximum atomic E-state index is 13.9. The van der Waals surface area contributed by atoms with Gasteiger partial charge in [0.25, 0.3) is 0 Å². The Bertz CT molecular complexity index is 1410. The van der Waals surface area contributed by atoms with E-state index in [1.807, 2.05) is 66.5 Å². The van der Waals surface area contributed by atoms with Crippen molar-refractivity contribution in [2.24, 2.45) is 5.92 Å². The molecule has 1 saturated carbocycles. The van der Waals surface area contributed by atoms with Gasteiger partial charge in [-0.15, -0.1) is 0 Å². The first-order valence-electron chi connectivity index (χ1n) is 14.3. The van der Waals surface area contributed by atoms with Crippen molar-refractivity contribution in [3.8, 4) is 11.1 Å². The number of hydrogen-bond acceptors (Lipinski definition) is 5. The largest absolute Gasteiger partial charge is 0.479 e. The van der Waals surface area contributed by atoms with Gasteiger partial charge in [0.1, 0.15) is 18.2 Å². The summed E-state index contributed by atoms with van der Waals surface area (Å²) in [5, 5.41) is 12.9. The molecule has 3 aromatic carbocycles. The zero-order chi connectivity index (χ0) is 28.6. The van der Waals surface area contributed by atoms with Crippen LogP contribution in [-0.2, 0) is 20.9 Å². The van der Waals surface area contributed by atoms with Crippen LogP contribution < -0.4 is 5.32 Å². The monoisotopic (exact) mass is 553 g/mol. The van der Waals surface area contributed by atoms with E-state index in [2.05, 4.69) is 29.6 Å². The molecule has 41 heavy (non-hydrogen) atoms. The van der Waals surface area contributed by atoms with Crippen LogP contribution in [0.4, 0.5) is 4.79 Å². The Morgan fingerprint density at radius 3 is 2.29 bits per heavy atom. The lowest BCUT2D eigenvalue weighted by Crippen LogP contribution is -2.59. The van der Waals surface area contributed by atoms with Crippen LogP contribution in [0.3, 0.4) is 0 Å². The summed E-state index contributed by atoms with van der Waals surface area (Å²) in [6.45, 7) is 1.29. The number of likely N-dealkylation sites (tertiary alicyclic amines) is 1. The zero-order valence-electron chi connectivity index (χ0n) is 23.2. The van der Waals surface area contributed by atoms with Gasteiger partial charge in [-0.25, -0.2) is 9.59 Å². The summed E-state index contributed by atoms with van der Waals surface area (Å²) in [5.74, 6) is -1.47. The second-order valence-corrected chi connectivity index (χ2v) is 11.5. The van der Waals surface area contributed by atoms with E-state index in [0.717, 1.165) is 40.7 Å². The quantitative estimate of drug-likeness (QED) is 0.405. The van der Waals surface area contributed by atoms with Crippen LogP contribution in [0.1, 0.15) is 41.9 Å². The van der Waals surface area contributed by atoms with Crippen LogP contribution in [0.5, 0.6) is 0 Å². The summed E-state index contributed by atoms with van der Waals surface area (Å²) in [5.41, 5.74) is 4.39. The molecule has 3 aromatic rings. The Morgan fingerprint density at radius 2 is 1.63 bits per heavy atom. The van der Waals surface area contributed by atoms with E-state index >= 15 is 0 Å². The van der Waals surface area contributed by atoms with E-state index in [4.69, 9.17) is 4.74 Å². The number of nitrogens with zero attached hydrogens (tertiary/aromatic N) is 2. The van der Waals surface area contributed by atoms with Crippen molar-refractivity contribution in [3.05, 3.63) is 95.6 Å². The SMILES string of the molecule is CN(Cc1ccccc1)CC(NC(=O)OCC1c2ccccc2-c2ccccc21)C(=O)N1CCCC2CC21C(=O)O. The number of nitrogens with one attached hydrogen (secondary N) is 1. The summed E-state index contributed by atoms with van der Waals surface area (Å²) in [7, 11) is 1.88. The summed E-state index contributed by atoms with van der Waals surface area (Å²) in [4.78, 5) is 42.9. The van der Waals surface area contributed by atoms with E-state index in [1.54, 1.807) is 0 Å². The van der Waals surface area contributed by atoms with Crippen LogP contribution in [0.25, 0.3) is 11.1 Å². The van der Waals surface area contributed by atoms with Crippen LogP contribution >= 0.6 is 0 Å². The fraction of sp³-hybridized carbons (Fsp3) is 0.364. The van der Waals surface area contributed by atoms with Gasteiger partial charge in [-0.2, -0.15) is 0 Å². The molecule has 3 aliphatic rings. The number of fused-ring (bicyclic) bond motifs is 4. The van der Waals surface area contributed by atoms with Gasteiger partial charge in [0.2, 0.25) is 5.91 Å². The van der Waals surface area contributed by atoms with Crippen molar-refractivity contribution in [2.45, 2.75) is 43.3 Å². The Morgan fingerprint density at radius 1 is 1.00 bits per heavy atom. The minimum Gasteiger partial charge on any atom is -0.479 e. The lowest BCUT2D eigenvalue weighted by atomic mass is 9.98. The fourth-order valence-corrected chi connectivity index (χ4v) is 6.79. The van der Waals surface area contributed by atoms with Crippen molar-refractivity contribution >= 4 is 18.0 Å². The lowest BCUT2D eigenvalue weighted by molar-refractivity contribution is -0.155. The molecule has 1 heterocycles. The first-order chi connectivity index (χ1) is 19.9. The maximum absolute atomic E-state index is 13.9. The molecule has 2 aliphatic carbocycles. The molecule has 212 valence electrons. The molecule has 3 atom stereocenters. The smallest absolute Gasteiger partial charge is 0.407 e. The maximum Gasteiger partial charge on any atom is 0.407 e. The highest BCUT2D eigenvalue weighted by molar-refractivity contribution is 5.94. The Labute approximate surface area is 239 Å². The molecule has 0 aromatic heterocycles. The summed E-state index contributed by atoms with van der Waals surface area (Å²) in [6.07, 6.45) is 1.33. The highest BCUT2D eigenvalue weighted by Gasteiger charge is 2.67. The third-order valence-electron chi connectivity index (χ3n) is 8.85. The second-order valence-electron chi connectivity index (χ2n) is 11.5. The van der Waals surface area contributed by atoms with Crippen molar-refractivity contribution < 1.29 is 24.2 Å². The molecule has 1 saturated heterocycles. The number of amides is 2. The second kappa shape index (κ2) is 11.0. The lowest BCUT2D eigenvalue weighted by Gasteiger charge is -2.37. The fourth-order valence-electron chi connectivity index (χ4n) is 6.79. The number of likely N-dealkylation sites (N-methyl/N-ethyl adjacent to an activating group) is 1. The van der Waals surface area contributed by atoms with E-state index in [1.165, 1.54) is 4.90 Å². The van der Waals surface area contributed by atoms with E-state index < -0.39 is 23.6 Å². The average molecular weight is 554 g/mol. The van der Waals surface area contributed by atoms with Crippen molar-refractivity contribution in [1.82, 2.24) is 15.1 Å². The third kappa shape index (κ3) is 5.08. The predicted molar refractivity (Wildman–Crippen MR) is 154 cm³/mol. The molecule has 0 radical (unpaired) electrons. The highest BCUT2D eigenvalue weighted by Crippen LogP contribution is 2.54. The number of aliphatic carboxylic acids is 1. The summed E-state index contributed by atoms with van der Waals surface area (Å²) >= 11 is 0. The normalized spacial score (nSPS) is 21.4. The number of rotatable bonds is 9. The molecule has 2 N–H and O–H groups in total. The first kappa shape index (κ1) is 27.0. The molecule has 6 rings (SSSR count).